The zero-order valence-electron chi connectivity index (χ0n) is 16.1. The van der Waals surface area contributed by atoms with Crippen LogP contribution in [-0.2, 0) is 4.79 Å². The monoisotopic (exact) mass is 416 g/mol. The van der Waals surface area contributed by atoms with Gasteiger partial charge >= 0.3 is 0 Å². The fourth-order valence-electron chi connectivity index (χ4n) is 4.08. The highest BCUT2D eigenvalue weighted by Crippen LogP contribution is 2.41. The van der Waals surface area contributed by atoms with E-state index >= 15 is 0 Å². The molecule has 0 aromatic heterocycles. The van der Waals surface area contributed by atoms with Crippen molar-refractivity contribution in [1.29, 1.82) is 5.26 Å². The standard InChI is InChI=1S/C22H16N4O5/c23-13-16-12-21-22(27)9-8-19(16)24(21)20(15-4-6-17(7-5-15)25(28)29)11-14-2-1-3-18(10-14)26(30)31/h1-11,16,19,21H,12H2/b20-11+/t16-,19?,21?/m0/s1. The van der Waals surface area contributed by atoms with Crippen molar-refractivity contribution in [3.8, 4) is 6.07 Å². The number of nitro benzene ring substituents is 2. The molecule has 2 aromatic carbocycles. The molecule has 9 heteroatoms. The van der Waals surface area contributed by atoms with Gasteiger partial charge in [-0.05, 0) is 41.8 Å². The van der Waals surface area contributed by atoms with Gasteiger partial charge in [0.25, 0.3) is 11.4 Å². The Morgan fingerprint density at radius 2 is 1.81 bits per heavy atom. The molecule has 2 bridgehead atoms. The minimum atomic E-state index is -0.542. The number of rotatable bonds is 5. The maximum absolute atomic E-state index is 12.6. The highest BCUT2D eigenvalue weighted by atomic mass is 16.6. The van der Waals surface area contributed by atoms with Crippen molar-refractivity contribution in [2.75, 3.05) is 0 Å². The third kappa shape index (κ3) is 3.67. The first-order valence-corrected chi connectivity index (χ1v) is 9.50. The maximum atomic E-state index is 12.6. The van der Waals surface area contributed by atoms with Gasteiger partial charge in [-0.3, -0.25) is 25.0 Å². The lowest BCUT2D eigenvalue weighted by atomic mass is 10.00. The van der Waals surface area contributed by atoms with Crippen molar-refractivity contribution >= 4 is 28.9 Å². The van der Waals surface area contributed by atoms with Crippen molar-refractivity contribution < 1.29 is 14.6 Å². The van der Waals surface area contributed by atoms with Crippen LogP contribution in [0, 0.1) is 37.5 Å². The van der Waals surface area contributed by atoms with Crippen LogP contribution in [0.25, 0.3) is 11.8 Å². The Morgan fingerprint density at radius 1 is 1.10 bits per heavy atom. The summed E-state index contributed by atoms with van der Waals surface area (Å²) in [7, 11) is 0. The van der Waals surface area contributed by atoms with Gasteiger partial charge in [-0.25, -0.2) is 0 Å². The first-order chi connectivity index (χ1) is 14.9. The van der Waals surface area contributed by atoms with Crippen LogP contribution < -0.4 is 0 Å². The van der Waals surface area contributed by atoms with Crippen LogP contribution in [0.2, 0.25) is 0 Å². The summed E-state index contributed by atoms with van der Waals surface area (Å²) in [6.07, 6.45) is 5.27. The Labute approximate surface area is 176 Å². The minimum absolute atomic E-state index is 0.0778. The molecule has 0 N–H and O–H groups in total. The van der Waals surface area contributed by atoms with Gasteiger partial charge in [-0.2, -0.15) is 5.26 Å². The quantitative estimate of drug-likeness (QED) is 0.412. The summed E-state index contributed by atoms with van der Waals surface area (Å²) >= 11 is 0. The number of nitrogens with zero attached hydrogens (tertiary/aromatic N) is 4. The van der Waals surface area contributed by atoms with E-state index in [1.54, 1.807) is 36.4 Å². The van der Waals surface area contributed by atoms with E-state index in [2.05, 4.69) is 6.07 Å². The van der Waals surface area contributed by atoms with Gasteiger partial charge < -0.3 is 4.90 Å². The van der Waals surface area contributed by atoms with Gasteiger partial charge in [0.05, 0.1) is 33.9 Å². The van der Waals surface area contributed by atoms with E-state index in [0.717, 1.165) is 0 Å². The molecular formula is C22H16N4O5. The Hall–Kier alpha value is -4.32. The average molecular weight is 416 g/mol. The lowest BCUT2D eigenvalue weighted by Gasteiger charge is -2.35. The van der Waals surface area contributed by atoms with E-state index in [4.69, 9.17) is 0 Å². The molecule has 9 nitrogen and oxygen atoms in total. The molecule has 154 valence electrons. The summed E-state index contributed by atoms with van der Waals surface area (Å²) in [5, 5.41) is 31.8. The summed E-state index contributed by atoms with van der Waals surface area (Å²) in [5.41, 5.74) is 1.56. The fraction of sp³-hybridized carbons (Fsp3) is 0.182. The predicted octanol–water partition coefficient (Wildman–Crippen LogP) is 3.72. The molecule has 1 saturated heterocycles. The van der Waals surface area contributed by atoms with Gasteiger partial charge in [-0.15, -0.1) is 0 Å². The molecule has 0 radical (unpaired) electrons. The van der Waals surface area contributed by atoms with E-state index in [1.165, 1.54) is 30.3 Å². The van der Waals surface area contributed by atoms with E-state index in [9.17, 15) is 30.3 Å². The van der Waals surface area contributed by atoms with Crippen molar-refractivity contribution in [3.63, 3.8) is 0 Å². The van der Waals surface area contributed by atoms with Crippen molar-refractivity contribution in [2.45, 2.75) is 18.5 Å². The summed E-state index contributed by atoms with van der Waals surface area (Å²) < 4.78 is 0. The van der Waals surface area contributed by atoms with Gasteiger partial charge in [0, 0.05) is 30.0 Å². The SMILES string of the molecule is N#C[C@@H]1CC2C(=O)C=CC1N2/C(=C/c1cccc([N+](=O)[O-])c1)c1ccc([N+](=O)[O-])cc1. The van der Waals surface area contributed by atoms with E-state index in [1.807, 2.05) is 4.90 Å². The lowest BCUT2D eigenvalue weighted by Crippen LogP contribution is -2.41. The topological polar surface area (TPSA) is 130 Å². The number of carbonyl (C=O) groups is 1. The van der Waals surface area contributed by atoms with Crippen LogP contribution in [-0.4, -0.2) is 32.6 Å². The van der Waals surface area contributed by atoms with Gasteiger partial charge in [0.15, 0.2) is 5.78 Å². The molecule has 2 aliphatic rings. The van der Waals surface area contributed by atoms with Crippen LogP contribution in [0.4, 0.5) is 11.4 Å². The molecule has 0 saturated carbocycles. The molecule has 2 unspecified atom stereocenters. The van der Waals surface area contributed by atoms with Crippen molar-refractivity contribution in [1.82, 2.24) is 4.90 Å². The molecule has 1 fully saturated rings. The average Bonchev–Trinajstić information content (AvgIpc) is 3.05. The second-order valence-electron chi connectivity index (χ2n) is 7.33. The first kappa shape index (κ1) is 20.0. The number of fused-ring (bicyclic) bond motifs is 2. The number of benzene rings is 2. The Bertz CT molecular complexity index is 1180. The summed E-state index contributed by atoms with van der Waals surface area (Å²) in [4.78, 5) is 35.6. The smallest absolute Gasteiger partial charge is 0.270 e. The number of carbonyl (C=O) groups excluding carboxylic acids is 1. The number of nitriles is 1. The second kappa shape index (κ2) is 7.84. The third-order valence-corrected chi connectivity index (χ3v) is 5.53. The molecule has 0 spiro atoms. The van der Waals surface area contributed by atoms with Crippen molar-refractivity contribution in [2.24, 2.45) is 5.92 Å². The lowest BCUT2D eigenvalue weighted by molar-refractivity contribution is -0.385. The molecular weight excluding hydrogens is 400 g/mol. The largest absolute Gasteiger partial charge is 0.353 e. The first-order valence-electron chi connectivity index (χ1n) is 9.50. The number of hydrogen-bond donors (Lipinski definition) is 0. The zero-order chi connectivity index (χ0) is 22.1. The Kier molecular flexibility index (Phi) is 5.05. The highest BCUT2D eigenvalue weighted by molar-refractivity contribution is 5.98. The minimum Gasteiger partial charge on any atom is -0.353 e. The summed E-state index contributed by atoms with van der Waals surface area (Å²) in [5.74, 6) is -0.514. The van der Waals surface area contributed by atoms with Crippen LogP contribution in [0.1, 0.15) is 17.5 Å². The maximum Gasteiger partial charge on any atom is 0.270 e. The van der Waals surface area contributed by atoms with Crippen LogP contribution in [0.5, 0.6) is 0 Å². The van der Waals surface area contributed by atoms with Crippen LogP contribution in [0.3, 0.4) is 0 Å². The van der Waals surface area contributed by atoms with Crippen molar-refractivity contribution in [3.05, 3.63) is 92.0 Å². The number of ketones is 1. The number of non-ortho nitro benzene ring substituents is 2. The highest BCUT2D eigenvalue weighted by Gasteiger charge is 2.46. The summed E-state index contributed by atoms with van der Waals surface area (Å²) in [6.45, 7) is 0. The Morgan fingerprint density at radius 3 is 2.45 bits per heavy atom. The number of hydrogen-bond acceptors (Lipinski definition) is 7. The Balaban J connectivity index is 1.86. The molecule has 3 atom stereocenters. The van der Waals surface area contributed by atoms with E-state index in [0.29, 0.717) is 23.2 Å². The fourth-order valence-corrected chi connectivity index (χ4v) is 4.08. The normalized spacial score (nSPS) is 22.3. The molecule has 2 aliphatic heterocycles. The number of nitro groups is 2. The van der Waals surface area contributed by atoms with Crippen LogP contribution in [0.15, 0.2) is 60.7 Å². The molecule has 2 heterocycles. The molecule has 0 amide bonds. The molecule has 0 aliphatic carbocycles. The van der Waals surface area contributed by atoms with Gasteiger partial charge in [0.2, 0.25) is 0 Å². The van der Waals surface area contributed by atoms with Gasteiger partial charge in [-0.1, -0.05) is 18.2 Å². The third-order valence-electron chi connectivity index (χ3n) is 5.53. The molecule has 2 aromatic rings. The second-order valence-corrected chi connectivity index (χ2v) is 7.33. The van der Waals surface area contributed by atoms with Crippen LogP contribution >= 0.6 is 0 Å². The molecule has 31 heavy (non-hydrogen) atoms. The van der Waals surface area contributed by atoms with E-state index in [-0.39, 0.29) is 29.1 Å². The predicted molar refractivity (Wildman–Crippen MR) is 111 cm³/mol. The summed E-state index contributed by atoms with van der Waals surface area (Å²) in [6, 6.07) is 13.3. The van der Waals surface area contributed by atoms with E-state index < -0.39 is 15.9 Å². The van der Waals surface area contributed by atoms with Gasteiger partial charge in [0.1, 0.15) is 0 Å². The molecule has 4 rings (SSSR count). The zero-order valence-corrected chi connectivity index (χ0v) is 16.1.